The number of sulfonamides is 1. The number of nitrogens with one attached hydrogen (secondary N) is 2. The molecule has 1 amide bonds. The number of hydrogen-bond donors (Lipinski definition) is 2. The fourth-order valence-corrected chi connectivity index (χ4v) is 4.76. The van der Waals surface area contributed by atoms with Gasteiger partial charge in [0.05, 0.1) is 29.9 Å². The van der Waals surface area contributed by atoms with Gasteiger partial charge in [0.25, 0.3) is 5.91 Å². The SMILES string of the molecule is CC1(NS(=O)(=O)c2ccc(Br)c(C(=O)Nc3ccc(F)c(C(F)(F)F)c3)c2F)COC1. The molecule has 2 N–H and O–H groups in total. The number of anilines is 1. The molecule has 0 radical (unpaired) electrons. The van der Waals surface area contributed by atoms with Gasteiger partial charge in [-0.25, -0.2) is 21.9 Å². The van der Waals surface area contributed by atoms with E-state index in [0.717, 1.165) is 18.2 Å². The van der Waals surface area contributed by atoms with Crippen LogP contribution < -0.4 is 10.0 Å². The molecule has 3 rings (SSSR count). The standard InChI is InChI=1S/C18H14BrF5N2O4S/c1-17(7-30-8-17)26-31(28,29)13-5-3-11(19)14(15(13)21)16(27)25-9-2-4-12(20)10(6-9)18(22,23)24/h2-6,26H,7-8H2,1H3,(H,25,27). The average Bonchev–Trinajstić information content (AvgIpc) is 2.60. The van der Waals surface area contributed by atoms with Gasteiger partial charge in [0.15, 0.2) is 5.82 Å². The Labute approximate surface area is 182 Å². The summed E-state index contributed by atoms with van der Waals surface area (Å²) in [7, 11) is -4.39. The Bertz CT molecular complexity index is 1150. The van der Waals surface area contributed by atoms with Crippen molar-refractivity contribution in [3.63, 3.8) is 0 Å². The van der Waals surface area contributed by atoms with Crippen LogP contribution in [0, 0.1) is 11.6 Å². The van der Waals surface area contributed by atoms with Gasteiger partial charge in [0.1, 0.15) is 10.7 Å². The zero-order chi connectivity index (χ0) is 23.2. The number of alkyl halides is 3. The molecule has 0 spiro atoms. The van der Waals surface area contributed by atoms with Crippen LogP contribution in [0.1, 0.15) is 22.8 Å². The molecule has 31 heavy (non-hydrogen) atoms. The first kappa shape index (κ1) is 23.6. The van der Waals surface area contributed by atoms with Crippen molar-refractivity contribution in [1.82, 2.24) is 4.72 Å². The fourth-order valence-electron chi connectivity index (χ4n) is 2.81. The summed E-state index contributed by atoms with van der Waals surface area (Å²) < 4.78 is 99.3. The fraction of sp³-hybridized carbons (Fsp3) is 0.278. The highest BCUT2D eigenvalue weighted by Crippen LogP contribution is 2.34. The van der Waals surface area contributed by atoms with Crippen LogP contribution >= 0.6 is 15.9 Å². The summed E-state index contributed by atoms with van der Waals surface area (Å²) in [5, 5.41) is 2.02. The van der Waals surface area contributed by atoms with E-state index in [4.69, 9.17) is 4.74 Å². The van der Waals surface area contributed by atoms with Gasteiger partial charge in [-0.1, -0.05) is 0 Å². The largest absolute Gasteiger partial charge is 0.419 e. The lowest BCUT2D eigenvalue weighted by Gasteiger charge is -2.38. The van der Waals surface area contributed by atoms with Gasteiger partial charge in [-0.05, 0) is 53.2 Å². The van der Waals surface area contributed by atoms with Gasteiger partial charge >= 0.3 is 6.18 Å². The smallest absolute Gasteiger partial charge is 0.377 e. The van der Waals surface area contributed by atoms with E-state index in [-0.39, 0.29) is 17.7 Å². The molecule has 6 nitrogen and oxygen atoms in total. The lowest BCUT2D eigenvalue weighted by atomic mass is 10.0. The summed E-state index contributed by atoms with van der Waals surface area (Å²) in [6.45, 7) is 1.69. The van der Waals surface area contributed by atoms with Crippen molar-refractivity contribution in [2.24, 2.45) is 0 Å². The first-order valence-corrected chi connectivity index (χ1v) is 10.8. The Morgan fingerprint density at radius 3 is 2.35 bits per heavy atom. The van der Waals surface area contributed by atoms with Crippen LogP contribution in [-0.2, 0) is 20.9 Å². The van der Waals surface area contributed by atoms with E-state index in [1.807, 2.05) is 5.32 Å². The van der Waals surface area contributed by atoms with Crippen LogP contribution in [-0.4, -0.2) is 33.1 Å². The summed E-state index contributed by atoms with van der Waals surface area (Å²) in [5.74, 6) is -4.20. The molecule has 168 valence electrons. The van der Waals surface area contributed by atoms with E-state index in [1.54, 1.807) is 6.92 Å². The maximum Gasteiger partial charge on any atom is 0.419 e. The molecule has 13 heteroatoms. The molecule has 0 saturated carbocycles. The summed E-state index contributed by atoms with van der Waals surface area (Å²) in [6.07, 6.45) is -5.02. The number of ether oxygens (including phenoxy) is 1. The third-order valence-corrected chi connectivity index (χ3v) is 6.64. The molecule has 0 aromatic heterocycles. The van der Waals surface area contributed by atoms with E-state index >= 15 is 4.39 Å². The number of halogens is 6. The maximum atomic E-state index is 15.0. The number of carbonyl (C=O) groups excluding carboxylic acids is 1. The summed E-state index contributed by atoms with van der Waals surface area (Å²) in [6, 6.07) is 3.74. The number of amides is 1. The van der Waals surface area contributed by atoms with Gasteiger partial charge in [-0.15, -0.1) is 0 Å². The molecule has 0 unspecified atom stereocenters. The Kier molecular flexibility index (Phi) is 6.17. The molecule has 1 heterocycles. The Morgan fingerprint density at radius 1 is 1.16 bits per heavy atom. The van der Waals surface area contributed by atoms with Crippen molar-refractivity contribution < 1.29 is 39.9 Å². The van der Waals surface area contributed by atoms with Crippen LogP contribution in [0.5, 0.6) is 0 Å². The van der Waals surface area contributed by atoms with Crippen LogP contribution in [0.3, 0.4) is 0 Å². The van der Waals surface area contributed by atoms with Gasteiger partial charge in [0, 0.05) is 10.2 Å². The van der Waals surface area contributed by atoms with Gasteiger partial charge < -0.3 is 10.1 Å². The van der Waals surface area contributed by atoms with Gasteiger partial charge in [-0.2, -0.15) is 13.2 Å². The molecule has 1 aliphatic heterocycles. The lowest BCUT2D eigenvalue weighted by Crippen LogP contribution is -2.59. The van der Waals surface area contributed by atoms with Crippen molar-refractivity contribution >= 4 is 37.5 Å². The number of hydrogen-bond acceptors (Lipinski definition) is 4. The second kappa shape index (κ2) is 8.11. The highest BCUT2D eigenvalue weighted by atomic mass is 79.9. The minimum absolute atomic E-state index is 0.0732. The average molecular weight is 529 g/mol. The number of benzene rings is 2. The Morgan fingerprint density at radius 2 is 1.81 bits per heavy atom. The second-order valence-corrected chi connectivity index (χ2v) is 9.55. The highest BCUT2D eigenvalue weighted by molar-refractivity contribution is 9.10. The first-order chi connectivity index (χ1) is 14.2. The molecule has 2 aromatic carbocycles. The molecule has 1 fully saturated rings. The minimum Gasteiger partial charge on any atom is -0.377 e. The van der Waals surface area contributed by atoms with E-state index in [9.17, 15) is 30.8 Å². The molecular weight excluding hydrogens is 515 g/mol. The molecule has 0 aliphatic carbocycles. The van der Waals surface area contributed by atoms with Crippen LogP contribution in [0.4, 0.5) is 27.6 Å². The molecule has 2 aromatic rings. The topological polar surface area (TPSA) is 84.5 Å². The molecular formula is C18H14BrF5N2O4S. The number of rotatable bonds is 5. The Hall–Kier alpha value is -2.09. The van der Waals surface area contributed by atoms with Crippen LogP contribution in [0.15, 0.2) is 39.7 Å². The van der Waals surface area contributed by atoms with E-state index < -0.39 is 61.0 Å². The minimum atomic E-state index is -5.02. The first-order valence-electron chi connectivity index (χ1n) is 8.51. The molecule has 1 aliphatic rings. The van der Waals surface area contributed by atoms with Gasteiger partial charge in [-0.3, -0.25) is 4.79 Å². The van der Waals surface area contributed by atoms with Crippen molar-refractivity contribution in [3.05, 3.63) is 57.6 Å². The summed E-state index contributed by atoms with van der Waals surface area (Å²) in [4.78, 5) is 11.7. The number of carbonyl (C=O) groups is 1. The van der Waals surface area contributed by atoms with Crippen molar-refractivity contribution in [2.45, 2.75) is 23.5 Å². The van der Waals surface area contributed by atoms with Crippen molar-refractivity contribution in [1.29, 1.82) is 0 Å². The predicted octanol–water partition coefficient (Wildman–Crippen LogP) is 4.07. The highest BCUT2D eigenvalue weighted by Gasteiger charge is 2.39. The van der Waals surface area contributed by atoms with E-state index in [1.165, 1.54) is 0 Å². The normalized spacial score (nSPS) is 16.0. The quantitative estimate of drug-likeness (QED) is 0.573. The predicted molar refractivity (Wildman–Crippen MR) is 103 cm³/mol. The van der Waals surface area contributed by atoms with Crippen molar-refractivity contribution in [2.75, 3.05) is 18.5 Å². The second-order valence-electron chi connectivity index (χ2n) is 7.04. The van der Waals surface area contributed by atoms with E-state index in [2.05, 4.69) is 20.7 Å². The molecule has 1 saturated heterocycles. The third-order valence-electron chi connectivity index (χ3n) is 4.32. The Balaban J connectivity index is 1.95. The van der Waals surface area contributed by atoms with E-state index in [0.29, 0.717) is 12.1 Å². The zero-order valence-corrected chi connectivity index (χ0v) is 18.0. The monoisotopic (exact) mass is 528 g/mol. The van der Waals surface area contributed by atoms with Gasteiger partial charge in [0.2, 0.25) is 10.0 Å². The summed E-state index contributed by atoms with van der Waals surface area (Å²) in [5.41, 5.74) is -3.78. The van der Waals surface area contributed by atoms with Crippen LogP contribution in [0.2, 0.25) is 0 Å². The molecule has 0 bridgehead atoms. The summed E-state index contributed by atoms with van der Waals surface area (Å²) >= 11 is 2.93. The molecule has 0 atom stereocenters. The lowest BCUT2D eigenvalue weighted by molar-refractivity contribution is -0.139. The van der Waals surface area contributed by atoms with Crippen LogP contribution in [0.25, 0.3) is 0 Å². The van der Waals surface area contributed by atoms with Crippen molar-refractivity contribution in [3.8, 4) is 0 Å². The zero-order valence-electron chi connectivity index (χ0n) is 15.6. The third kappa shape index (κ3) is 4.89. The maximum absolute atomic E-state index is 15.0.